The van der Waals surface area contributed by atoms with Crippen molar-refractivity contribution in [2.24, 2.45) is 0 Å². The molecule has 3 N–H and O–H groups in total. The molecule has 1 aliphatic rings. The third-order valence-electron chi connectivity index (χ3n) is 3.96. The number of carbonyl (C=O) groups is 2. The molecular weight excluding hydrogens is 360 g/mol. The second-order valence-electron chi connectivity index (χ2n) is 5.78. The third-order valence-corrected chi connectivity index (χ3v) is 6.02. The summed E-state index contributed by atoms with van der Waals surface area (Å²) in [5.41, 5.74) is 1.02. The second-order valence-corrected chi connectivity index (χ2v) is 7.83. The lowest BCUT2D eigenvalue weighted by atomic mass is 9.97. The van der Waals surface area contributed by atoms with Crippen LogP contribution in [-0.2, 0) is 22.4 Å². The topological polar surface area (TPSA) is 104 Å². The van der Waals surface area contributed by atoms with Crippen molar-refractivity contribution in [2.45, 2.75) is 37.8 Å². The number of thioether (sulfide) groups is 1. The van der Waals surface area contributed by atoms with Crippen molar-refractivity contribution in [3.63, 3.8) is 0 Å². The first-order chi connectivity index (χ1) is 12.1. The molecule has 0 fully saturated rings. The minimum atomic E-state index is -0.274. The molecule has 0 radical (unpaired) electrons. The lowest BCUT2D eigenvalue weighted by Gasteiger charge is -2.09. The maximum atomic E-state index is 12.4. The Morgan fingerprint density at radius 2 is 2.04 bits per heavy atom. The average molecular weight is 380 g/mol. The van der Waals surface area contributed by atoms with Gasteiger partial charge < -0.3 is 15.6 Å². The van der Waals surface area contributed by atoms with Gasteiger partial charge in [-0.05, 0) is 38.2 Å². The van der Waals surface area contributed by atoms with E-state index in [9.17, 15) is 14.4 Å². The molecule has 0 spiro atoms. The summed E-state index contributed by atoms with van der Waals surface area (Å²) in [7, 11) is 0. The Morgan fingerprint density at radius 1 is 1.24 bits per heavy atom. The maximum absolute atomic E-state index is 12.4. The van der Waals surface area contributed by atoms with E-state index in [0.717, 1.165) is 47.8 Å². The number of hydrogen-bond acceptors (Lipinski definition) is 6. The lowest BCUT2D eigenvalue weighted by molar-refractivity contribution is -0.124. The quantitative estimate of drug-likeness (QED) is 0.516. The van der Waals surface area contributed by atoms with Crippen LogP contribution in [0.25, 0.3) is 10.2 Å². The van der Waals surface area contributed by atoms with Crippen LogP contribution in [0.3, 0.4) is 0 Å². The van der Waals surface area contributed by atoms with Gasteiger partial charge in [0.2, 0.25) is 11.8 Å². The molecule has 0 saturated carbocycles. The lowest BCUT2D eigenvalue weighted by Crippen LogP contribution is -2.37. The second kappa shape index (κ2) is 8.01. The Bertz CT molecular complexity index is 859. The molecule has 0 atom stereocenters. The normalized spacial score (nSPS) is 13.5. The fourth-order valence-corrected chi connectivity index (χ4v) is 4.85. The van der Waals surface area contributed by atoms with E-state index in [-0.39, 0.29) is 29.7 Å². The summed E-state index contributed by atoms with van der Waals surface area (Å²) >= 11 is 2.75. The summed E-state index contributed by atoms with van der Waals surface area (Å²) in [5, 5.41) is 6.29. The van der Waals surface area contributed by atoms with E-state index >= 15 is 0 Å². The number of nitrogens with one attached hydrogen (secondary N) is 3. The Balaban J connectivity index is 1.65. The molecule has 2 heterocycles. The molecule has 7 nitrogen and oxygen atoms in total. The zero-order valence-electron chi connectivity index (χ0n) is 13.9. The van der Waals surface area contributed by atoms with E-state index in [2.05, 4.69) is 20.6 Å². The van der Waals surface area contributed by atoms with Gasteiger partial charge in [0.25, 0.3) is 5.56 Å². The number of aryl methyl sites for hydroxylation is 2. The van der Waals surface area contributed by atoms with Crippen LogP contribution in [0, 0.1) is 0 Å². The molecule has 0 aromatic carbocycles. The van der Waals surface area contributed by atoms with Crippen LogP contribution >= 0.6 is 23.1 Å². The van der Waals surface area contributed by atoms with Crippen molar-refractivity contribution >= 4 is 45.1 Å². The summed E-state index contributed by atoms with van der Waals surface area (Å²) in [6.07, 6.45) is 4.22. The van der Waals surface area contributed by atoms with Gasteiger partial charge in [-0.3, -0.25) is 14.4 Å². The molecule has 1 aliphatic carbocycles. The molecule has 134 valence electrons. The van der Waals surface area contributed by atoms with E-state index in [1.165, 1.54) is 4.88 Å². The van der Waals surface area contributed by atoms with Crippen LogP contribution in [0.4, 0.5) is 0 Å². The van der Waals surface area contributed by atoms with Crippen molar-refractivity contribution in [3.05, 3.63) is 20.8 Å². The SMILES string of the molecule is CCNC(=O)CNC(=O)CSc1nc2sc3c(c2c(=O)[nH]1)CCCC3. The summed E-state index contributed by atoms with van der Waals surface area (Å²) in [5.74, 6) is -0.402. The van der Waals surface area contributed by atoms with Crippen molar-refractivity contribution in [2.75, 3.05) is 18.8 Å². The number of aromatic nitrogens is 2. The standard InChI is InChI=1S/C16H20N4O3S2/c1-2-17-11(21)7-18-12(22)8-24-16-19-14(23)13-9-5-3-4-6-10(9)25-15(13)20-16/h2-8H2,1H3,(H,17,21)(H,18,22)(H,19,20,23). The molecule has 2 aromatic rings. The molecule has 0 saturated heterocycles. The molecule has 0 unspecified atom stereocenters. The highest BCUT2D eigenvalue weighted by atomic mass is 32.2. The number of carbonyl (C=O) groups excluding carboxylic acids is 2. The summed E-state index contributed by atoms with van der Waals surface area (Å²) in [6.45, 7) is 2.30. The number of likely N-dealkylation sites (N-methyl/N-ethyl adjacent to an activating group) is 1. The third kappa shape index (κ3) is 4.21. The fourth-order valence-electron chi connectivity index (χ4n) is 2.84. The van der Waals surface area contributed by atoms with Gasteiger partial charge in [0, 0.05) is 11.4 Å². The minimum Gasteiger partial charge on any atom is -0.355 e. The highest BCUT2D eigenvalue weighted by Gasteiger charge is 2.20. The van der Waals surface area contributed by atoms with Gasteiger partial charge in [0.15, 0.2) is 5.16 Å². The van der Waals surface area contributed by atoms with E-state index in [4.69, 9.17) is 0 Å². The molecule has 25 heavy (non-hydrogen) atoms. The first-order valence-electron chi connectivity index (χ1n) is 8.29. The predicted molar refractivity (Wildman–Crippen MR) is 99.3 cm³/mol. The van der Waals surface area contributed by atoms with Crippen molar-refractivity contribution in [1.82, 2.24) is 20.6 Å². The number of hydrogen-bond donors (Lipinski definition) is 3. The van der Waals surface area contributed by atoms with Gasteiger partial charge in [-0.2, -0.15) is 0 Å². The molecule has 9 heteroatoms. The molecule has 2 amide bonds. The van der Waals surface area contributed by atoms with Crippen LogP contribution in [-0.4, -0.2) is 40.6 Å². The number of fused-ring (bicyclic) bond motifs is 3. The highest BCUT2D eigenvalue weighted by molar-refractivity contribution is 7.99. The zero-order valence-corrected chi connectivity index (χ0v) is 15.6. The Hall–Kier alpha value is -1.87. The predicted octanol–water partition coefficient (Wildman–Crippen LogP) is 1.21. The number of amides is 2. The average Bonchev–Trinajstić information content (AvgIpc) is 2.97. The van der Waals surface area contributed by atoms with Crippen LogP contribution in [0.5, 0.6) is 0 Å². The number of nitrogens with zero attached hydrogens (tertiary/aromatic N) is 1. The van der Waals surface area contributed by atoms with E-state index in [1.807, 2.05) is 6.92 Å². The molecule has 2 aromatic heterocycles. The van der Waals surface area contributed by atoms with E-state index in [1.54, 1.807) is 11.3 Å². The van der Waals surface area contributed by atoms with Crippen LogP contribution in [0.1, 0.15) is 30.2 Å². The van der Waals surface area contributed by atoms with Gasteiger partial charge in [-0.25, -0.2) is 4.98 Å². The first-order valence-corrected chi connectivity index (χ1v) is 10.1. The van der Waals surface area contributed by atoms with Crippen molar-refractivity contribution in [1.29, 1.82) is 0 Å². The van der Waals surface area contributed by atoms with Gasteiger partial charge in [0.1, 0.15) is 4.83 Å². The van der Waals surface area contributed by atoms with E-state index in [0.29, 0.717) is 17.1 Å². The molecule has 0 bridgehead atoms. The van der Waals surface area contributed by atoms with Crippen LogP contribution in [0.2, 0.25) is 0 Å². The summed E-state index contributed by atoms with van der Waals surface area (Å²) in [6, 6.07) is 0. The number of thiophene rings is 1. The largest absolute Gasteiger partial charge is 0.355 e. The summed E-state index contributed by atoms with van der Waals surface area (Å²) in [4.78, 5) is 44.8. The number of H-pyrrole nitrogens is 1. The van der Waals surface area contributed by atoms with Crippen molar-refractivity contribution < 1.29 is 9.59 Å². The number of rotatable bonds is 6. The molecule has 3 rings (SSSR count). The fraction of sp³-hybridized carbons (Fsp3) is 0.500. The Kier molecular flexibility index (Phi) is 5.74. The minimum absolute atomic E-state index is 0.0478. The molecule has 0 aliphatic heterocycles. The smallest absolute Gasteiger partial charge is 0.260 e. The van der Waals surface area contributed by atoms with Gasteiger partial charge in [-0.1, -0.05) is 11.8 Å². The van der Waals surface area contributed by atoms with Crippen LogP contribution in [0.15, 0.2) is 9.95 Å². The van der Waals surface area contributed by atoms with Gasteiger partial charge >= 0.3 is 0 Å². The Morgan fingerprint density at radius 3 is 2.84 bits per heavy atom. The Labute approximate surface area is 153 Å². The zero-order chi connectivity index (χ0) is 17.8. The number of aromatic amines is 1. The van der Waals surface area contributed by atoms with Crippen molar-refractivity contribution in [3.8, 4) is 0 Å². The highest BCUT2D eigenvalue weighted by Crippen LogP contribution is 2.34. The maximum Gasteiger partial charge on any atom is 0.260 e. The van der Waals surface area contributed by atoms with Crippen LogP contribution < -0.4 is 16.2 Å². The monoisotopic (exact) mass is 380 g/mol. The van der Waals surface area contributed by atoms with Gasteiger partial charge in [0.05, 0.1) is 17.7 Å². The van der Waals surface area contributed by atoms with E-state index < -0.39 is 0 Å². The van der Waals surface area contributed by atoms with Gasteiger partial charge in [-0.15, -0.1) is 11.3 Å². The molecular formula is C16H20N4O3S2. The first kappa shape index (κ1) is 17.9. The summed E-state index contributed by atoms with van der Waals surface area (Å²) < 4.78 is 0.